The number of hydrogen-bond acceptors (Lipinski definition) is 7. The van der Waals surface area contributed by atoms with Crippen molar-refractivity contribution in [2.75, 3.05) is 6.54 Å². The van der Waals surface area contributed by atoms with Gasteiger partial charge in [-0.3, -0.25) is 14.9 Å². The summed E-state index contributed by atoms with van der Waals surface area (Å²) in [6.07, 6.45) is -1.34. The molecular formula is C28H24F9N5O6. The number of fused-ring (bicyclic) bond motifs is 1. The summed E-state index contributed by atoms with van der Waals surface area (Å²) in [6, 6.07) is 12.9. The van der Waals surface area contributed by atoms with E-state index in [9.17, 15) is 39.5 Å². The van der Waals surface area contributed by atoms with Gasteiger partial charge in [0.15, 0.2) is 0 Å². The van der Waals surface area contributed by atoms with Crippen molar-refractivity contribution < 1.29 is 69.2 Å². The smallest absolute Gasteiger partial charge is 0.475 e. The highest BCUT2D eigenvalue weighted by molar-refractivity contribution is 5.73. The van der Waals surface area contributed by atoms with E-state index < -0.39 is 36.4 Å². The Morgan fingerprint density at radius 1 is 0.750 bits per heavy atom. The van der Waals surface area contributed by atoms with Crippen LogP contribution in [0, 0.1) is 0 Å². The Labute approximate surface area is 263 Å². The van der Waals surface area contributed by atoms with E-state index in [0.717, 1.165) is 30.6 Å². The monoisotopic (exact) mass is 697 g/mol. The lowest BCUT2D eigenvalue weighted by Gasteiger charge is -2.23. The fraction of sp³-hybridized carbons (Fsp3) is 0.286. The first-order valence-corrected chi connectivity index (χ1v) is 13.1. The summed E-state index contributed by atoms with van der Waals surface area (Å²) in [5.74, 6) is -8.27. The molecule has 1 atom stereocenters. The number of likely N-dealkylation sites (tertiary alicyclic amines) is 1. The highest BCUT2D eigenvalue weighted by Crippen LogP contribution is 2.35. The van der Waals surface area contributed by atoms with Crippen molar-refractivity contribution in [3.8, 4) is 11.1 Å². The van der Waals surface area contributed by atoms with Gasteiger partial charge in [-0.2, -0.15) is 39.5 Å². The molecule has 0 spiro atoms. The molecule has 48 heavy (non-hydrogen) atoms. The standard InChI is InChI=1S/C22H21N5.3C2HF3O2/c1-4-17(12-23-9-1)14-26-11-3-6-20(26)22-21-8-7-19(15-27(21)16-25-22)18-5-2-10-24-13-18;3*3-2(4,5)1(6)7/h1-2,4-5,7-10,12-13,15-16,20H,3,6,11,14H2;3*(H,6,7). The molecule has 1 fully saturated rings. The normalized spacial score (nSPS) is 14.8. The first-order valence-electron chi connectivity index (χ1n) is 13.1. The molecule has 0 bridgehead atoms. The fourth-order valence-electron chi connectivity index (χ4n) is 4.03. The molecule has 4 aromatic heterocycles. The molecule has 1 unspecified atom stereocenters. The Morgan fingerprint density at radius 3 is 1.73 bits per heavy atom. The van der Waals surface area contributed by atoms with Crippen LogP contribution in [0.3, 0.4) is 0 Å². The maximum atomic E-state index is 10.6. The predicted octanol–water partition coefficient (Wildman–Crippen LogP) is 6.03. The third-order valence-corrected chi connectivity index (χ3v) is 6.07. The fourth-order valence-corrected chi connectivity index (χ4v) is 4.03. The summed E-state index contributed by atoms with van der Waals surface area (Å²) in [4.78, 5) is 42.5. The summed E-state index contributed by atoms with van der Waals surface area (Å²) < 4.78 is 97.3. The van der Waals surface area contributed by atoms with Crippen LogP contribution in [0.15, 0.2) is 73.7 Å². The van der Waals surface area contributed by atoms with Gasteiger partial charge in [-0.25, -0.2) is 19.4 Å². The largest absolute Gasteiger partial charge is 0.490 e. The van der Waals surface area contributed by atoms with Gasteiger partial charge in [0.2, 0.25) is 0 Å². The van der Waals surface area contributed by atoms with E-state index in [2.05, 4.69) is 49.7 Å². The van der Waals surface area contributed by atoms with Crippen LogP contribution < -0.4 is 0 Å². The van der Waals surface area contributed by atoms with Gasteiger partial charge in [-0.1, -0.05) is 18.2 Å². The topological polar surface area (TPSA) is 158 Å². The highest BCUT2D eigenvalue weighted by atomic mass is 19.4. The third kappa shape index (κ3) is 12.2. The number of rotatable bonds is 4. The lowest BCUT2D eigenvalue weighted by atomic mass is 10.1. The molecule has 1 saturated heterocycles. The minimum Gasteiger partial charge on any atom is -0.475 e. The Balaban J connectivity index is 0.000000313. The van der Waals surface area contributed by atoms with Crippen molar-refractivity contribution >= 4 is 23.4 Å². The zero-order valence-electron chi connectivity index (χ0n) is 24.0. The number of aromatic nitrogens is 4. The zero-order valence-corrected chi connectivity index (χ0v) is 24.0. The lowest BCUT2D eigenvalue weighted by molar-refractivity contribution is -0.193. The number of carbonyl (C=O) groups is 3. The van der Waals surface area contributed by atoms with Crippen LogP contribution >= 0.6 is 0 Å². The van der Waals surface area contributed by atoms with Crippen LogP contribution in [0.25, 0.3) is 16.6 Å². The molecule has 4 aromatic rings. The number of alkyl halides is 9. The van der Waals surface area contributed by atoms with Crippen LogP contribution in [0.2, 0.25) is 0 Å². The number of carboxylic acids is 3. The first-order chi connectivity index (χ1) is 22.2. The minimum atomic E-state index is -5.08. The van der Waals surface area contributed by atoms with Crippen molar-refractivity contribution in [1.82, 2.24) is 24.3 Å². The van der Waals surface area contributed by atoms with Crippen molar-refractivity contribution in [3.05, 3.63) is 85.0 Å². The molecule has 0 aliphatic carbocycles. The van der Waals surface area contributed by atoms with Gasteiger partial charge < -0.3 is 19.7 Å². The van der Waals surface area contributed by atoms with Gasteiger partial charge in [-0.05, 0) is 48.7 Å². The first kappa shape index (κ1) is 38.9. The minimum absolute atomic E-state index is 0.361. The number of halogens is 9. The molecular weight excluding hydrogens is 673 g/mol. The Hall–Kier alpha value is -5.27. The predicted molar refractivity (Wildman–Crippen MR) is 146 cm³/mol. The summed E-state index contributed by atoms with van der Waals surface area (Å²) >= 11 is 0. The van der Waals surface area contributed by atoms with Gasteiger partial charge in [-0.15, -0.1) is 0 Å². The number of nitrogens with zero attached hydrogens (tertiary/aromatic N) is 5. The molecule has 0 radical (unpaired) electrons. The quantitative estimate of drug-likeness (QED) is 0.215. The second kappa shape index (κ2) is 16.5. The third-order valence-electron chi connectivity index (χ3n) is 6.07. The molecule has 1 aliphatic rings. The Morgan fingerprint density at radius 2 is 1.27 bits per heavy atom. The number of carboxylic acid groups (broad SMARTS) is 3. The van der Waals surface area contributed by atoms with E-state index in [1.807, 2.05) is 37.1 Å². The van der Waals surface area contributed by atoms with Crippen molar-refractivity contribution in [1.29, 1.82) is 0 Å². The van der Waals surface area contributed by atoms with Crippen molar-refractivity contribution in [2.45, 2.75) is 44.0 Å². The molecule has 5 heterocycles. The molecule has 3 N–H and O–H groups in total. The van der Waals surface area contributed by atoms with E-state index in [4.69, 9.17) is 34.7 Å². The number of imidazole rings is 1. The van der Waals surface area contributed by atoms with Gasteiger partial charge in [0.25, 0.3) is 0 Å². The average molecular weight is 698 g/mol. The van der Waals surface area contributed by atoms with Gasteiger partial charge >= 0.3 is 36.4 Å². The van der Waals surface area contributed by atoms with Crippen LogP contribution in [0.5, 0.6) is 0 Å². The molecule has 5 rings (SSSR count). The van der Waals surface area contributed by atoms with E-state index in [-0.39, 0.29) is 0 Å². The van der Waals surface area contributed by atoms with Crippen LogP contribution in [0.1, 0.15) is 30.1 Å². The zero-order chi connectivity index (χ0) is 36.3. The second-order valence-electron chi connectivity index (χ2n) is 9.48. The molecule has 11 nitrogen and oxygen atoms in total. The average Bonchev–Trinajstić information content (AvgIpc) is 3.64. The Kier molecular flexibility index (Phi) is 13.4. The van der Waals surface area contributed by atoms with Crippen LogP contribution in [-0.2, 0) is 20.9 Å². The van der Waals surface area contributed by atoms with Crippen LogP contribution in [-0.4, -0.2) is 82.6 Å². The SMILES string of the molecule is O=C(O)C(F)(F)F.O=C(O)C(F)(F)F.O=C(O)C(F)(F)F.c1cncc(CN2CCCC2c2ncn3cc(-c4cccnc4)ccc23)c1. The molecule has 20 heteroatoms. The lowest BCUT2D eigenvalue weighted by Crippen LogP contribution is -2.23. The molecule has 260 valence electrons. The maximum Gasteiger partial charge on any atom is 0.490 e. The van der Waals surface area contributed by atoms with Crippen molar-refractivity contribution in [2.24, 2.45) is 0 Å². The summed E-state index contributed by atoms with van der Waals surface area (Å²) in [5, 5.41) is 21.4. The summed E-state index contributed by atoms with van der Waals surface area (Å²) in [5.41, 5.74) is 5.89. The molecule has 0 amide bonds. The maximum absolute atomic E-state index is 10.6. The van der Waals surface area contributed by atoms with Gasteiger partial charge in [0.1, 0.15) is 0 Å². The molecule has 1 aliphatic heterocycles. The molecule has 0 saturated carbocycles. The highest BCUT2D eigenvalue weighted by Gasteiger charge is 2.39. The second-order valence-corrected chi connectivity index (χ2v) is 9.48. The summed E-state index contributed by atoms with van der Waals surface area (Å²) in [6.45, 7) is 2.03. The van der Waals surface area contributed by atoms with E-state index in [0.29, 0.717) is 6.04 Å². The van der Waals surface area contributed by atoms with Gasteiger partial charge in [0.05, 0.1) is 23.6 Å². The Bertz CT molecular complexity index is 1590. The van der Waals surface area contributed by atoms with E-state index in [1.165, 1.54) is 23.2 Å². The number of aliphatic carboxylic acids is 3. The number of pyridine rings is 3. The van der Waals surface area contributed by atoms with Crippen LogP contribution in [0.4, 0.5) is 39.5 Å². The van der Waals surface area contributed by atoms with E-state index in [1.54, 1.807) is 6.20 Å². The van der Waals surface area contributed by atoms with E-state index >= 15 is 0 Å². The number of hydrogen-bond donors (Lipinski definition) is 3. The van der Waals surface area contributed by atoms with Crippen molar-refractivity contribution in [3.63, 3.8) is 0 Å². The van der Waals surface area contributed by atoms with Gasteiger partial charge in [0, 0.05) is 43.1 Å². The summed E-state index contributed by atoms with van der Waals surface area (Å²) in [7, 11) is 0. The molecule has 0 aromatic carbocycles.